The van der Waals surface area contributed by atoms with Crippen molar-refractivity contribution in [2.75, 3.05) is 31.6 Å². The highest BCUT2D eigenvalue weighted by Gasteiger charge is 2.49. The van der Waals surface area contributed by atoms with E-state index >= 15 is 0 Å². The first kappa shape index (κ1) is 36.8. The van der Waals surface area contributed by atoms with Crippen LogP contribution in [0.1, 0.15) is 47.4 Å². The number of carbonyl (C=O) groups is 1. The van der Waals surface area contributed by atoms with Gasteiger partial charge in [0.2, 0.25) is 5.92 Å². The second kappa shape index (κ2) is 14.2. The van der Waals surface area contributed by atoms with Gasteiger partial charge in [0.25, 0.3) is 5.91 Å². The monoisotopic (exact) mass is 724 g/mol. The molecule has 9 nitrogen and oxygen atoms in total. The number of pyridine rings is 1. The van der Waals surface area contributed by atoms with Crippen molar-refractivity contribution in [3.8, 4) is 0 Å². The number of benzene rings is 1. The molecule has 2 aliphatic rings. The first-order valence-electron chi connectivity index (χ1n) is 18.0. The predicted molar refractivity (Wildman–Crippen MR) is 201 cm³/mol. The molecular weight excluding hydrogens is 671 g/mol. The maximum atomic E-state index is 13.8. The highest BCUT2D eigenvalue weighted by molar-refractivity contribution is 6.76. The Balaban J connectivity index is 1.16. The van der Waals surface area contributed by atoms with Crippen molar-refractivity contribution >= 4 is 49.7 Å². The minimum atomic E-state index is -2.51. The van der Waals surface area contributed by atoms with Gasteiger partial charge in [-0.15, -0.1) is 0 Å². The maximum absolute atomic E-state index is 13.8. The van der Waals surface area contributed by atoms with Gasteiger partial charge in [-0.25, -0.2) is 18.4 Å². The Hall–Kier alpha value is -2.98. The number of nitrogens with zero attached hydrogens (tertiary/aromatic N) is 5. The molecule has 0 bridgehead atoms. The van der Waals surface area contributed by atoms with Crippen LogP contribution in [0.15, 0.2) is 36.5 Å². The lowest BCUT2D eigenvalue weighted by Crippen LogP contribution is -2.58. The van der Waals surface area contributed by atoms with Gasteiger partial charge in [0.15, 0.2) is 0 Å². The molecule has 3 aromatic heterocycles. The SMILES string of the molecule is Cc1nn(COCC[Si](C)(C)C)c2ccc(C(=O)Nc3cc4c(cn3)cc(CN3CC5(CCC(F)(F)CC5)C3)n4COCC[Si](C)(C)C)cc12. The Bertz CT molecular complexity index is 1830. The summed E-state index contributed by atoms with van der Waals surface area (Å²) >= 11 is 0. The van der Waals surface area contributed by atoms with Crippen LogP contribution < -0.4 is 5.32 Å². The minimum absolute atomic E-state index is 0.00281. The van der Waals surface area contributed by atoms with E-state index in [2.05, 4.69) is 70.2 Å². The maximum Gasteiger partial charge on any atom is 0.256 e. The average molecular weight is 725 g/mol. The van der Waals surface area contributed by atoms with Gasteiger partial charge in [0.05, 0.1) is 16.7 Å². The molecule has 4 heterocycles. The van der Waals surface area contributed by atoms with Crippen LogP contribution in [-0.4, -0.2) is 78.5 Å². The summed E-state index contributed by atoms with van der Waals surface area (Å²) in [4.78, 5) is 20.5. The number of hydrogen-bond acceptors (Lipinski definition) is 6. The lowest BCUT2D eigenvalue weighted by molar-refractivity contribution is -0.115. The van der Waals surface area contributed by atoms with Crippen LogP contribution in [0, 0.1) is 12.3 Å². The standard InChI is InChI=1S/C37H54F2N6O3Si2/c1-27-31-19-28(8-9-32(31)45(42-27)26-48-15-17-50(5,6)7)35(46)41-34-20-33-29(21-40-34)18-30(44(33)25-47-14-16-49(2,3)4)22-43-23-36(24-43)10-12-37(38,39)13-11-36/h8-9,18-21H,10-17,22-26H2,1-7H3,(H,40,41,46). The smallest absolute Gasteiger partial charge is 0.256 e. The zero-order valence-corrected chi connectivity index (χ0v) is 32.9. The fourth-order valence-electron chi connectivity index (χ4n) is 7.10. The molecule has 0 atom stereocenters. The number of ether oxygens (including phenoxy) is 2. The Labute approximate surface area is 296 Å². The largest absolute Gasteiger partial charge is 0.361 e. The number of aromatic nitrogens is 4. The van der Waals surface area contributed by atoms with E-state index < -0.39 is 22.1 Å². The third-order valence-electron chi connectivity index (χ3n) is 10.3. The highest BCUT2D eigenvalue weighted by atomic mass is 28.3. The number of rotatable bonds is 14. The Morgan fingerprint density at radius 1 is 0.900 bits per heavy atom. The molecule has 4 aromatic rings. The van der Waals surface area contributed by atoms with Crippen LogP contribution in [0.4, 0.5) is 14.6 Å². The highest BCUT2D eigenvalue weighted by Crippen LogP contribution is 2.49. The molecule has 1 N–H and O–H groups in total. The van der Waals surface area contributed by atoms with Gasteiger partial charge in [-0.3, -0.25) is 9.69 Å². The van der Waals surface area contributed by atoms with Gasteiger partial charge < -0.3 is 19.4 Å². The summed E-state index contributed by atoms with van der Waals surface area (Å²) < 4.78 is 43.9. The number of aryl methyl sites for hydroxylation is 1. The molecule has 13 heteroatoms. The second-order valence-corrected chi connectivity index (χ2v) is 28.4. The molecule has 0 unspecified atom stereocenters. The van der Waals surface area contributed by atoms with Crippen LogP contribution >= 0.6 is 0 Å². The summed E-state index contributed by atoms with van der Waals surface area (Å²) in [5.74, 6) is -2.29. The molecule has 2 fully saturated rings. The molecule has 50 heavy (non-hydrogen) atoms. The number of likely N-dealkylation sites (tertiary alicyclic amines) is 1. The number of halogens is 2. The molecular formula is C37H54F2N6O3Si2. The molecule has 0 radical (unpaired) electrons. The van der Waals surface area contributed by atoms with Crippen molar-refractivity contribution in [1.82, 2.24) is 24.2 Å². The third kappa shape index (κ3) is 8.90. The van der Waals surface area contributed by atoms with Crippen LogP contribution in [0.3, 0.4) is 0 Å². The molecule has 1 aliphatic carbocycles. The third-order valence-corrected chi connectivity index (χ3v) is 13.7. The van der Waals surface area contributed by atoms with Crippen molar-refractivity contribution in [2.45, 2.75) is 110 Å². The van der Waals surface area contributed by atoms with Crippen molar-refractivity contribution in [1.29, 1.82) is 0 Å². The summed E-state index contributed by atoms with van der Waals surface area (Å²) in [6.45, 7) is 20.5. The molecule has 272 valence electrons. The summed E-state index contributed by atoms with van der Waals surface area (Å²) in [5, 5.41) is 9.57. The number of carbonyl (C=O) groups excluding carboxylic acids is 1. The van der Waals surface area contributed by atoms with E-state index in [4.69, 9.17) is 9.47 Å². The van der Waals surface area contributed by atoms with Gasteiger partial charge in [0.1, 0.15) is 19.3 Å². The van der Waals surface area contributed by atoms with E-state index in [1.165, 1.54) is 0 Å². The molecule has 1 saturated heterocycles. The van der Waals surface area contributed by atoms with E-state index in [-0.39, 0.29) is 24.2 Å². The normalized spacial score (nSPS) is 17.9. The Morgan fingerprint density at radius 2 is 1.56 bits per heavy atom. The van der Waals surface area contributed by atoms with E-state index in [1.807, 2.05) is 35.9 Å². The number of alkyl halides is 2. The second-order valence-electron chi connectivity index (χ2n) is 17.2. The number of amides is 1. The van der Waals surface area contributed by atoms with Crippen molar-refractivity contribution in [3.05, 3.63) is 53.5 Å². The van der Waals surface area contributed by atoms with Crippen LogP contribution in [-0.2, 0) is 29.5 Å². The van der Waals surface area contributed by atoms with Gasteiger partial charge in [-0.1, -0.05) is 39.3 Å². The van der Waals surface area contributed by atoms with Crippen molar-refractivity contribution in [2.24, 2.45) is 5.41 Å². The van der Waals surface area contributed by atoms with E-state index in [0.29, 0.717) is 57.4 Å². The van der Waals surface area contributed by atoms with Crippen molar-refractivity contribution in [3.63, 3.8) is 0 Å². The van der Waals surface area contributed by atoms with Gasteiger partial charge in [-0.05, 0) is 61.5 Å². The van der Waals surface area contributed by atoms with Crippen molar-refractivity contribution < 1.29 is 23.0 Å². The molecule has 6 rings (SSSR count). The number of nitrogens with one attached hydrogen (secondary N) is 1. The van der Waals surface area contributed by atoms with Crippen LogP contribution in [0.2, 0.25) is 51.4 Å². The topological polar surface area (TPSA) is 86.4 Å². The van der Waals surface area contributed by atoms with E-state index in [1.54, 1.807) is 6.20 Å². The molecule has 1 amide bonds. The first-order valence-corrected chi connectivity index (χ1v) is 25.4. The fourth-order valence-corrected chi connectivity index (χ4v) is 8.61. The lowest BCUT2D eigenvalue weighted by atomic mass is 9.67. The zero-order valence-electron chi connectivity index (χ0n) is 30.9. The zero-order chi connectivity index (χ0) is 35.9. The molecule has 1 spiro atoms. The minimum Gasteiger partial charge on any atom is -0.361 e. The summed E-state index contributed by atoms with van der Waals surface area (Å²) in [5.41, 5.74) is 4.36. The molecule has 1 saturated carbocycles. The number of fused-ring (bicyclic) bond motifs is 2. The first-order chi connectivity index (χ1) is 23.5. The Morgan fingerprint density at radius 3 is 2.22 bits per heavy atom. The Kier molecular flexibility index (Phi) is 10.5. The van der Waals surface area contributed by atoms with Gasteiger partial charge >= 0.3 is 0 Å². The van der Waals surface area contributed by atoms with Crippen LogP contribution in [0.5, 0.6) is 0 Å². The predicted octanol–water partition coefficient (Wildman–Crippen LogP) is 8.58. The van der Waals surface area contributed by atoms with Crippen LogP contribution in [0.25, 0.3) is 21.8 Å². The lowest BCUT2D eigenvalue weighted by Gasteiger charge is -2.53. The summed E-state index contributed by atoms with van der Waals surface area (Å²) in [6.07, 6.45) is 2.98. The quantitative estimate of drug-likeness (QED) is 0.104. The van der Waals surface area contributed by atoms with Gasteiger partial charge in [-0.2, -0.15) is 5.10 Å². The van der Waals surface area contributed by atoms with E-state index in [9.17, 15) is 13.6 Å². The fraction of sp³-hybridized carbons (Fsp3) is 0.595. The summed E-state index contributed by atoms with van der Waals surface area (Å²) in [7, 11) is -2.44. The number of anilines is 1. The van der Waals surface area contributed by atoms with E-state index in [0.717, 1.165) is 58.4 Å². The van der Waals surface area contributed by atoms with Gasteiger partial charge in [0, 0.05) is 96.1 Å². The summed E-state index contributed by atoms with van der Waals surface area (Å²) in [6, 6.07) is 11.8. The average Bonchev–Trinajstić information content (AvgIpc) is 3.52. The molecule has 1 aliphatic heterocycles. The molecule has 1 aromatic carbocycles. The number of hydrogen-bond donors (Lipinski definition) is 1.